The number of hydrogen-bond acceptors (Lipinski definition) is 3. The van der Waals surface area contributed by atoms with Crippen LogP contribution in [0.3, 0.4) is 0 Å². The summed E-state index contributed by atoms with van der Waals surface area (Å²) < 4.78 is 10.8. The van der Waals surface area contributed by atoms with Gasteiger partial charge in [-0.15, -0.1) is 5.54 Å². The first-order chi connectivity index (χ1) is 7.38. The molecule has 90 valence electrons. The van der Waals surface area contributed by atoms with E-state index >= 15 is 0 Å². The summed E-state index contributed by atoms with van der Waals surface area (Å²) in [5, 5.41) is 0. The number of hydrogen-bond donors (Lipinski definition) is 0. The minimum absolute atomic E-state index is 0.185. The zero-order valence-electron chi connectivity index (χ0n) is 10.5. The zero-order valence-corrected chi connectivity index (χ0v) is 11.5. The second kappa shape index (κ2) is 5.51. The molecule has 0 bridgehead atoms. The van der Waals surface area contributed by atoms with Crippen LogP contribution in [0.1, 0.15) is 19.8 Å². The van der Waals surface area contributed by atoms with E-state index in [9.17, 15) is 4.79 Å². The fourth-order valence-corrected chi connectivity index (χ4v) is 2.08. The first kappa shape index (κ1) is 13.3. The van der Waals surface area contributed by atoms with Crippen LogP contribution in [0.25, 0.3) is 0 Å². The smallest absolute Gasteiger partial charge is 0.303 e. The van der Waals surface area contributed by atoms with Gasteiger partial charge in [0.2, 0.25) is 0 Å². The fraction of sp³-hybridized carbons (Fsp3) is 0.750. The third-order valence-corrected chi connectivity index (χ3v) is 3.07. The molecule has 0 radical (unpaired) electrons. The van der Waals surface area contributed by atoms with Crippen molar-refractivity contribution in [2.45, 2.75) is 51.6 Å². The fourth-order valence-electron chi connectivity index (χ4n) is 1.51. The van der Waals surface area contributed by atoms with Crippen molar-refractivity contribution in [3.8, 4) is 11.5 Å². The minimum Gasteiger partial charge on any atom is -0.459 e. The molecule has 0 aromatic carbocycles. The molecular formula is C12H20O3Si. The standard InChI is InChI=1S/C12H20O3Si/c1-10(13)15-12-6-5-8-14-11(12)7-9-16(2,3)4/h11-12H,5-6,8H2,1-4H3/t11-,12+/m1/s1. The predicted molar refractivity (Wildman–Crippen MR) is 65.7 cm³/mol. The SMILES string of the molecule is CC(=O)O[C@H]1CCCO[C@@H]1C#C[Si](C)(C)C. The summed E-state index contributed by atoms with van der Waals surface area (Å²) in [4.78, 5) is 10.9. The maximum atomic E-state index is 10.9. The average molecular weight is 240 g/mol. The van der Waals surface area contributed by atoms with Gasteiger partial charge in [0, 0.05) is 13.5 Å². The quantitative estimate of drug-likeness (QED) is 0.399. The molecule has 1 saturated heterocycles. The van der Waals surface area contributed by atoms with Crippen LogP contribution in [0.4, 0.5) is 0 Å². The Morgan fingerprint density at radius 3 is 2.69 bits per heavy atom. The van der Waals surface area contributed by atoms with Gasteiger partial charge in [0.25, 0.3) is 0 Å². The zero-order chi connectivity index (χ0) is 12.2. The third-order valence-electron chi connectivity index (χ3n) is 2.17. The third kappa shape index (κ3) is 4.82. The molecule has 1 aliphatic rings. The summed E-state index contributed by atoms with van der Waals surface area (Å²) in [6, 6.07) is 0. The summed E-state index contributed by atoms with van der Waals surface area (Å²) in [7, 11) is -1.39. The summed E-state index contributed by atoms with van der Waals surface area (Å²) in [5.41, 5.74) is 3.27. The van der Waals surface area contributed by atoms with Crippen molar-refractivity contribution >= 4 is 14.0 Å². The Bertz CT molecular complexity index is 308. The number of rotatable bonds is 1. The van der Waals surface area contributed by atoms with E-state index in [4.69, 9.17) is 9.47 Å². The number of carbonyl (C=O) groups excluding carboxylic acids is 1. The Morgan fingerprint density at radius 1 is 1.44 bits per heavy atom. The van der Waals surface area contributed by atoms with Crippen molar-refractivity contribution in [1.29, 1.82) is 0 Å². The molecule has 3 nitrogen and oxygen atoms in total. The Kier molecular flexibility index (Phi) is 4.57. The maximum absolute atomic E-state index is 10.9. The van der Waals surface area contributed by atoms with Gasteiger partial charge in [-0.05, 0) is 12.8 Å². The van der Waals surface area contributed by atoms with Crippen molar-refractivity contribution in [3.05, 3.63) is 0 Å². The molecule has 0 N–H and O–H groups in total. The summed E-state index contributed by atoms with van der Waals surface area (Å²) in [6.07, 6.45) is 1.37. The van der Waals surface area contributed by atoms with Crippen LogP contribution in [0.2, 0.25) is 19.6 Å². The van der Waals surface area contributed by atoms with E-state index < -0.39 is 8.07 Å². The molecule has 4 heteroatoms. The lowest BCUT2D eigenvalue weighted by Crippen LogP contribution is -2.36. The van der Waals surface area contributed by atoms with Gasteiger partial charge in [-0.1, -0.05) is 25.6 Å². The van der Waals surface area contributed by atoms with Crippen LogP contribution >= 0.6 is 0 Å². The molecule has 2 atom stereocenters. The van der Waals surface area contributed by atoms with Gasteiger partial charge >= 0.3 is 5.97 Å². The van der Waals surface area contributed by atoms with Crippen LogP contribution < -0.4 is 0 Å². The second-order valence-corrected chi connectivity index (χ2v) is 9.85. The molecule has 0 aromatic rings. The van der Waals surface area contributed by atoms with Gasteiger partial charge in [-0.3, -0.25) is 4.79 Å². The van der Waals surface area contributed by atoms with E-state index in [1.165, 1.54) is 6.92 Å². The van der Waals surface area contributed by atoms with Crippen molar-refractivity contribution < 1.29 is 14.3 Å². The van der Waals surface area contributed by atoms with Gasteiger partial charge < -0.3 is 9.47 Å². The van der Waals surface area contributed by atoms with E-state index in [1.54, 1.807) is 0 Å². The first-order valence-electron chi connectivity index (χ1n) is 5.70. The monoisotopic (exact) mass is 240 g/mol. The minimum atomic E-state index is -1.39. The molecule has 1 aliphatic heterocycles. The molecular weight excluding hydrogens is 220 g/mol. The van der Waals surface area contributed by atoms with Crippen LogP contribution in [-0.4, -0.2) is 32.9 Å². The molecule has 0 unspecified atom stereocenters. The normalized spacial score (nSPS) is 25.5. The number of carbonyl (C=O) groups is 1. The largest absolute Gasteiger partial charge is 0.459 e. The average Bonchev–Trinajstić information content (AvgIpc) is 2.14. The van der Waals surface area contributed by atoms with Crippen LogP contribution in [0.15, 0.2) is 0 Å². The Balaban J connectivity index is 2.66. The molecule has 1 rings (SSSR count). The lowest BCUT2D eigenvalue weighted by atomic mass is 10.1. The molecule has 0 amide bonds. The lowest BCUT2D eigenvalue weighted by molar-refractivity contribution is -0.156. The van der Waals surface area contributed by atoms with Gasteiger partial charge in [-0.2, -0.15) is 0 Å². The van der Waals surface area contributed by atoms with Gasteiger partial charge in [0.05, 0.1) is 0 Å². The summed E-state index contributed by atoms with van der Waals surface area (Å²) in [6.45, 7) is 8.69. The number of ether oxygens (including phenoxy) is 2. The van der Waals surface area contributed by atoms with Crippen LogP contribution in [0.5, 0.6) is 0 Å². The van der Waals surface area contributed by atoms with Gasteiger partial charge in [-0.25, -0.2) is 0 Å². The maximum Gasteiger partial charge on any atom is 0.303 e. The molecule has 1 heterocycles. The molecule has 0 spiro atoms. The Morgan fingerprint density at radius 2 is 2.12 bits per heavy atom. The van der Waals surface area contributed by atoms with E-state index in [-0.39, 0.29) is 18.2 Å². The second-order valence-electron chi connectivity index (χ2n) is 5.10. The van der Waals surface area contributed by atoms with E-state index in [0.717, 1.165) is 12.8 Å². The summed E-state index contributed by atoms with van der Waals surface area (Å²) >= 11 is 0. The first-order valence-corrected chi connectivity index (χ1v) is 9.20. The number of esters is 1. The highest BCUT2D eigenvalue weighted by Gasteiger charge is 2.27. The Hall–Kier alpha value is -0.793. The van der Waals surface area contributed by atoms with Crippen molar-refractivity contribution in [2.24, 2.45) is 0 Å². The predicted octanol–water partition coefficient (Wildman–Crippen LogP) is 1.98. The molecule has 1 fully saturated rings. The molecule has 16 heavy (non-hydrogen) atoms. The van der Waals surface area contributed by atoms with E-state index in [1.807, 2.05) is 0 Å². The van der Waals surface area contributed by atoms with E-state index in [2.05, 4.69) is 31.1 Å². The van der Waals surface area contributed by atoms with Crippen molar-refractivity contribution in [2.75, 3.05) is 6.61 Å². The topological polar surface area (TPSA) is 35.5 Å². The van der Waals surface area contributed by atoms with E-state index in [0.29, 0.717) is 6.61 Å². The van der Waals surface area contributed by atoms with Gasteiger partial charge in [0.1, 0.15) is 14.2 Å². The van der Waals surface area contributed by atoms with Gasteiger partial charge in [0.15, 0.2) is 6.10 Å². The highest BCUT2D eigenvalue weighted by molar-refractivity contribution is 6.83. The Labute approximate surface area is 98.5 Å². The van der Waals surface area contributed by atoms with Crippen molar-refractivity contribution in [3.63, 3.8) is 0 Å². The summed E-state index contributed by atoms with van der Waals surface area (Å²) in [5.74, 6) is 2.87. The lowest BCUT2D eigenvalue weighted by Gasteiger charge is -2.27. The molecule has 0 aliphatic carbocycles. The molecule has 0 aromatic heterocycles. The van der Waals surface area contributed by atoms with Crippen LogP contribution in [0, 0.1) is 11.5 Å². The van der Waals surface area contributed by atoms with Crippen molar-refractivity contribution in [1.82, 2.24) is 0 Å². The highest BCUT2D eigenvalue weighted by Crippen LogP contribution is 2.17. The molecule has 0 saturated carbocycles. The highest BCUT2D eigenvalue weighted by atomic mass is 28.3. The van der Waals surface area contributed by atoms with Crippen LogP contribution in [-0.2, 0) is 14.3 Å².